The molecule has 3 aromatic rings. The molecular formula is C29H34FNO. The van der Waals surface area contributed by atoms with E-state index in [2.05, 4.69) is 67.3 Å². The number of halogens is 1. The number of rotatable bonds is 12. The standard InChI is InChI=1S/C29H34FNO/c1-3-31(4-2)22-23-32-27-19-17-26(18-20-27)29(25-14-9-6-10-15-25)28(16-11-21-30)24-12-7-5-8-13-24/h5-10,12-15,17-20H,3-4,11,16,21-23H2,1-2H3/b29-28-/i30-1. The van der Waals surface area contributed by atoms with Gasteiger partial charge in [-0.25, -0.2) is 0 Å². The molecule has 0 unspecified atom stereocenters. The van der Waals surface area contributed by atoms with Gasteiger partial charge in [-0.15, -0.1) is 0 Å². The second kappa shape index (κ2) is 12.8. The topological polar surface area (TPSA) is 12.5 Å². The van der Waals surface area contributed by atoms with Crippen molar-refractivity contribution in [1.82, 2.24) is 4.90 Å². The number of hydrogen-bond acceptors (Lipinski definition) is 2. The van der Waals surface area contributed by atoms with E-state index < -0.39 is 0 Å². The number of ether oxygens (including phenoxy) is 1. The highest BCUT2D eigenvalue weighted by atomic mass is 18.2. The molecule has 0 radical (unpaired) electrons. The maximum atomic E-state index is 13.2. The van der Waals surface area contributed by atoms with Gasteiger partial charge in [0.1, 0.15) is 12.4 Å². The highest BCUT2D eigenvalue weighted by molar-refractivity contribution is 5.98. The summed E-state index contributed by atoms with van der Waals surface area (Å²) in [5.74, 6) is 0.873. The molecule has 3 rings (SSSR count). The monoisotopic (exact) mass is 430 g/mol. The van der Waals surface area contributed by atoms with Crippen LogP contribution in [0.2, 0.25) is 0 Å². The Morgan fingerprint density at radius 3 is 1.88 bits per heavy atom. The molecule has 0 amide bonds. The van der Waals surface area contributed by atoms with Crippen molar-refractivity contribution in [3.05, 3.63) is 102 Å². The van der Waals surface area contributed by atoms with Crippen molar-refractivity contribution in [2.75, 3.05) is 32.9 Å². The first-order chi connectivity index (χ1) is 15.8. The van der Waals surface area contributed by atoms with E-state index in [0.717, 1.165) is 47.6 Å². The predicted octanol–water partition coefficient (Wildman–Crippen LogP) is 7.12. The lowest BCUT2D eigenvalue weighted by Gasteiger charge is -2.19. The van der Waals surface area contributed by atoms with Crippen molar-refractivity contribution in [3.63, 3.8) is 0 Å². The van der Waals surface area contributed by atoms with E-state index in [4.69, 9.17) is 4.74 Å². The Morgan fingerprint density at radius 1 is 0.750 bits per heavy atom. The van der Waals surface area contributed by atoms with E-state index in [1.54, 1.807) is 0 Å². The fourth-order valence-corrected chi connectivity index (χ4v) is 3.97. The molecule has 0 atom stereocenters. The molecule has 3 aromatic carbocycles. The molecule has 0 saturated carbocycles. The summed E-state index contributed by atoms with van der Waals surface area (Å²) >= 11 is 0. The third-order valence-electron chi connectivity index (χ3n) is 5.76. The number of benzene rings is 3. The summed E-state index contributed by atoms with van der Waals surface area (Å²) in [4.78, 5) is 2.35. The highest BCUT2D eigenvalue weighted by Gasteiger charge is 2.14. The Balaban J connectivity index is 1.95. The molecule has 0 spiro atoms. The molecular weight excluding hydrogens is 396 g/mol. The molecule has 0 N–H and O–H groups in total. The zero-order valence-electron chi connectivity index (χ0n) is 19.3. The van der Waals surface area contributed by atoms with Crippen LogP contribution in [0.3, 0.4) is 0 Å². The maximum absolute atomic E-state index is 13.2. The van der Waals surface area contributed by atoms with Crippen LogP contribution >= 0.6 is 0 Å². The first-order valence-electron chi connectivity index (χ1n) is 11.6. The summed E-state index contributed by atoms with van der Waals surface area (Å²) in [7, 11) is 0. The largest absolute Gasteiger partial charge is 0.492 e. The zero-order chi connectivity index (χ0) is 22.6. The van der Waals surface area contributed by atoms with Crippen molar-refractivity contribution in [2.24, 2.45) is 0 Å². The van der Waals surface area contributed by atoms with E-state index >= 15 is 0 Å². The average molecular weight is 431 g/mol. The van der Waals surface area contributed by atoms with Crippen LogP contribution in [0.25, 0.3) is 11.1 Å². The third kappa shape index (κ3) is 6.54. The number of alkyl halides is 1. The van der Waals surface area contributed by atoms with Gasteiger partial charge in [0.2, 0.25) is 0 Å². The minimum atomic E-state index is -0.322. The summed E-state index contributed by atoms with van der Waals surface area (Å²) in [6.45, 7) is 7.68. The highest BCUT2D eigenvalue weighted by Crippen LogP contribution is 2.35. The second-order valence-electron chi connectivity index (χ2n) is 7.78. The van der Waals surface area contributed by atoms with Crippen molar-refractivity contribution in [1.29, 1.82) is 0 Å². The summed E-state index contributed by atoms with van der Waals surface area (Å²) in [5.41, 5.74) is 5.72. The van der Waals surface area contributed by atoms with Crippen LogP contribution in [-0.2, 0) is 0 Å². The fourth-order valence-electron chi connectivity index (χ4n) is 3.97. The van der Waals surface area contributed by atoms with Crippen LogP contribution < -0.4 is 4.74 Å². The molecule has 0 aliphatic rings. The molecule has 0 heterocycles. The van der Waals surface area contributed by atoms with E-state index in [-0.39, 0.29) is 6.67 Å². The number of nitrogens with zero attached hydrogens (tertiary/aromatic N) is 1. The minimum Gasteiger partial charge on any atom is -0.492 e. The lowest BCUT2D eigenvalue weighted by molar-refractivity contribution is 0.223. The van der Waals surface area contributed by atoms with Crippen molar-refractivity contribution in [2.45, 2.75) is 26.7 Å². The van der Waals surface area contributed by atoms with Crippen molar-refractivity contribution < 1.29 is 9.13 Å². The molecule has 0 saturated heterocycles. The lowest BCUT2D eigenvalue weighted by atomic mass is 9.87. The van der Waals surface area contributed by atoms with Gasteiger partial charge in [0.05, 0.1) is 6.67 Å². The van der Waals surface area contributed by atoms with Crippen LogP contribution in [0.15, 0.2) is 84.9 Å². The first-order valence-corrected chi connectivity index (χ1v) is 11.6. The molecule has 0 aromatic heterocycles. The lowest BCUT2D eigenvalue weighted by Crippen LogP contribution is -2.27. The molecule has 0 aliphatic heterocycles. The van der Waals surface area contributed by atoms with Gasteiger partial charge in [-0.2, -0.15) is 0 Å². The van der Waals surface area contributed by atoms with Gasteiger partial charge in [0.15, 0.2) is 0 Å². The van der Waals surface area contributed by atoms with Gasteiger partial charge in [0.25, 0.3) is 0 Å². The molecule has 0 bridgehead atoms. The molecule has 0 aliphatic carbocycles. The quantitative estimate of drug-likeness (QED) is 0.284. The minimum absolute atomic E-state index is 0.322. The van der Waals surface area contributed by atoms with Crippen LogP contribution in [-0.4, -0.2) is 37.8 Å². The summed E-state index contributed by atoms with van der Waals surface area (Å²) in [6.07, 6.45) is 1.19. The number of allylic oxidation sites excluding steroid dienone is 1. The first kappa shape index (κ1) is 23.7. The van der Waals surface area contributed by atoms with E-state index in [9.17, 15) is 4.39 Å². The van der Waals surface area contributed by atoms with Crippen LogP contribution in [0, 0.1) is 0 Å². The van der Waals surface area contributed by atoms with Gasteiger partial charge in [-0.05, 0) is 65.9 Å². The van der Waals surface area contributed by atoms with Gasteiger partial charge in [0, 0.05) is 6.54 Å². The predicted molar refractivity (Wildman–Crippen MR) is 134 cm³/mol. The van der Waals surface area contributed by atoms with Crippen molar-refractivity contribution in [3.8, 4) is 5.75 Å². The SMILES string of the molecule is CCN(CC)CCOc1ccc(/C(=C(/CCC[18F])c2ccccc2)c2ccccc2)cc1. The van der Waals surface area contributed by atoms with E-state index in [1.807, 2.05) is 36.4 Å². The summed E-state index contributed by atoms with van der Waals surface area (Å²) < 4.78 is 19.2. The number of hydrogen-bond donors (Lipinski definition) is 0. The molecule has 168 valence electrons. The zero-order valence-corrected chi connectivity index (χ0v) is 19.3. The Hall–Kier alpha value is -2.91. The summed E-state index contributed by atoms with van der Waals surface area (Å²) in [6, 6.07) is 29.0. The second-order valence-corrected chi connectivity index (χ2v) is 7.78. The normalized spacial score (nSPS) is 12.0. The summed E-state index contributed by atoms with van der Waals surface area (Å²) in [5, 5.41) is 0. The van der Waals surface area contributed by atoms with Crippen molar-refractivity contribution >= 4 is 11.1 Å². The third-order valence-corrected chi connectivity index (χ3v) is 5.76. The van der Waals surface area contributed by atoms with E-state index in [0.29, 0.717) is 19.4 Å². The Bertz CT molecular complexity index is 947. The Labute approximate surface area is 192 Å². The van der Waals surface area contributed by atoms with Gasteiger partial charge in [-0.3, -0.25) is 4.39 Å². The van der Waals surface area contributed by atoms with Gasteiger partial charge < -0.3 is 9.64 Å². The average Bonchev–Trinajstić information content (AvgIpc) is 2.86. The van der Waals surface area contributed by atoms with Gasteiger partial charge in [-0.1, -0.05) is 86.6 Å². The molecule has 3 heteroatoms. The Morgan fingerprint density at radius 2 is 1.31 bits per heavy atom. The smallest absolute Gasteiger partial charge is 0.119 e. The van der Waals surface area contributed by atoms with Gasteiger partial charge >= 0.3 is 0 Å². The van der Waals surface area contributed by atoms with Crippen LogP contribution in [0.5, 0.6) is 5.75 Å². The number of likely N-dealkylation sites (N-methyl/N-ethyl adjacent to an activating group) is 1. The van der Waals surface area contributed by atoms with Crippen LogP contribution in [0.1, 0.15) is 43.4 Å². The molecule has 32 heavy (non-hydrogen) atoms. The van der Waals surface area contributed by atoms with Crippen LogP contribution in [0.4, 0.5) is 4.39 Å². The molecule has 2 nitrogen and oxygen atoms in total. The van der Waals surface area contributed by atoms with E-state index in [1.165, 1.54) is 5.57 Å². The fraction of sp³-hybridized carbons (Fsp3) is 0.310. The Kier molecular flexibility index (Phi) is 9.52. The maximum Gasteiger partial charge on any atom is 0.119 e. The molecule has 0 fully saturated rings.